The smallest absolute Gasteiger partial charge is 0.251 e. The van der Waals surface area contributed by atoms with Gasteiger partial charge in [-0.2, -0.15) is 0 Å². The molecule has 2 N–H and O–H groups in total. The van der Waals surface area contributed by atoms with Gasteiger partial charge in [0, 0.05) is 30.4 Å². The first kappa shape index (κ1) is 16.7. The minimum absolute atomic E-state index is 0.0375. The van der Waals surface area contributed by atoms with Gasteiger partial charge >= 0.3 is 0 Å². The van der Waals surface area contributed by atoms with E-state index in [9.17, 15) is 9.59 Å². The summed E-state index contributed by atoms with van der Waals surface area (Å²) in [5.74, 6) is -0.0749. The molecule has 0 spiro atoms. The van der Waals surface area contributed by atoms with Crippen molar-refractivity contribution < 1.29 is 9.59 Å². The fourth-order valence-electron chi connectivity index (χ4n) is 1.65. The van der Waals surface area contributed by atoms with Crippen LogP contribution >= 0.6 is 15.9 Å². The third kappa shape index (κ3) is 6.70. The lowest BCUT2D eigenvalue weighted by molar-refractivity contribution is -0.121. The molecule has 0 radical (unpaired) electrons. The molecule has 0 aliphatic heterocycles. The molecule has 1 aromatic carbocycles. The van der Waals surface area contributed by atoms with Crippen molar-refractivity contribution in [2.45, 2.75) is 26.2 Å². The number of benzene rings is 1. The van der Waals surface area contributed by atoms with Crippen molar-refractivity contribution in [3.63, 3.8) is 0 Å². The van der Waals surface area contributed by atoms with Crippen molar-refractivity contribution in [3.05, 3.63) is 35.4 Å². The Morgan fingerprint density at radius 3 is 2.35 bits per heavy atom. The van der Waals surface area contributed by atoms with Crippen molar-refractivity contribution in [2.75, 3.05) is 18.4 Å². The van der Waals surface area contributed by atoms with Gasteiger partial charge in [0.2, 0.25) is 5.91 Å². The summed E-state index contributed by atoms with van der Waals surface area (Å²) in [4.78, 5) is 23.2. The molecule has 0 heterocycles. The van der Waals surface area contributed by atoms with Crippen LogP contribution < -0.4 is 10.6 Å². The summed E-state index contributed by atoms with van der Waals surface area (Å²) < 4.78 is 0. The van der Waals surface area contributed by atoms with Crippen molar-refractivity contribution in [3.8, 4) is 0 Å². The number of carbonyl (C=O) groups excluding carboxylic acids is 2. The zero-order chi connectivity index (χ0) is 14.8. The van der Waals surface area contributed by atoms with E-state index in [1.165, 1.54) is 0 Å². The predicted octanol–water partition coefficient (Wildman–Crippen LogP) is 2.41. The van der Waals surface area contributed by atoms with Gasteiger partial charge in [-0.15, -0.1) is 0 Å². The summed E-state index contributed by atoms with van der Waals surface area (Å²) in [6.07, 6.45) is 2.42. The highest BCUT2D eigenvalue weighted by atomic mass is 79.9. The lowest BCUT2D eigenvalue weighted by Crippen LogP contribution is -2.34. The van der Waals surface area contributed by atoms with Crippen LogP contribution in [0.2, 0.25) is 0 Å². The number of carbonyl (C=O) groups is 2. The summed E-state index contributed by atoms with van der Waals surface area (Å²) in [5, 5.41) is 6.49. The van der Waals surface area contributed by atoms with Gasteiger partial charge in [-0.05, 0) is 31.9 Å². The van der Waals surface area contributed by atoms with E-state index >= 15 is 0 Å². The van der Waals surface area contributed by atoms with Crippen LogP contribution in [0.3, 0.4) is 0 Å². The van der Waals surface area contributed by atoms with Crippen molar-refractivity contribution in [1.29, 1.82) is 0 Å². The molecular formula is C15H21BrN2O2. The fraction of sp³-hybridized carbons (Fsp3) is 0.467. The Bertz CT molecular complexity index is 432. The third-order valence-corrected chi connectivity index (χ3v) is 3.39. The minimum atomic E-state index is -0.112. The highest BCUT2D eigenvalue weighted by molar-refractivity contribution is 9.09. The first-order valence-electron chi connectivity index (χ1n) is 6.81. The summed E-state index contributed by atoms with van der Waals surface area (Å²) in [6, 6.07) is 7.40. The molecule has 0 atom stereocenters. The van der Waals surface area contributed by atoms with E-state index in [1.54, 1.807) is 12.1 Å². The maximum absolute atomic E-state index is 11.8. The van der Waals surface area contributed by atoms with Crippen LogP contribution in [0.5, 0.6) is 0 Å². The number of nitrogens with one attached hydrogen (secondary N) is 2. The molecule has 0 saturated heterocycles. The second-order valence-corrected chi connectivity index (χ2v) is 5.41. The molecule has 0 fully saturated rings. The average molecular weight is 341 g/mol. The van der Waals surface area contributed by atoms with Crippen LogP contribution in [0.1, 0.15) is 35.2 Å². The second kappa shape index (κ2) is 9.53. The van der Waals surface area contributed by atoms with Gasteiger partial charge < -0.3 is 10.6 Å². The zero-order valence-corrected chi connectivity index (χ0v) is 13.3. The Morgan fingerprint density at radius 1 is 1.05 bits per heavy atom. The molecule has 1 aromatic rings. The van der Waals surface area contributed by atoms with E-state index in [0.29, 0.717) is 25.1 Å². The Balaban J connectivity index is 2.16. The number of aryl methyl sites for hydroxylation is 1. The molecule has 0 unspecified atom stereocenters. The summed E-state index contributed by atoms with van der Waals surface area (Å²) in [7, 11) is 0. The van der Waals surface area contributed by atoms with Gasteiger partial charge in [-0.3, -0.25) is 9.59 Å². The maximum Gasteiger partial charge on any atom is 0.251 e. The molecule has 5 heteroatoms. The molecule has 2 amide bonds. The standard InChI is InChI=1S/C15H21BrN2O2/c1-12-5-7-13(8-6-12)15(20)18-11-10-17-14(19)4-2-3-9-16/h5-8H,2-4,9-11H2,1H3,(H,17,19)(H,18,20). The average Bonchev–Trinajstić information content (AvgIpc) is 2.44. The molecule has 0 saturated carbocycles. The predicted molar refractivity (Wildman–Crippen MR) is 84.2 cm³/mol. The minimum Gasteiger partial charge on any atom is -0.354 e. The molecule has 1 rings (SSSR count). The highest BCUT2D eigenvalue weighted by Crippen LogP contribution is 2.02. The summed E-state index contributed by atoms with van der Waals surface area (Å²) in [5.41, 5.74) is 1.76. The first-order chi connectivity index (χ1) is 9.63. The number of alkyl halides is 1. The van der Waals surface area contributed by atoms with Gasteiger partial charge in [0.1, 0.15) is 0 Å². The lowest BCUT2D eigenvalue weighted by atomic mass is 10.1. The van der Waals surface area contributed by atoms with E-state index in [0.717, 1.165) is 23.7 Å². The van der Waals surface area contributed by atoms with Crippen LogP contribution in [0.25, 0.3) is 0 Å². The number of halogens is 1. The number of unbranched alkanes of at least 4 members (excludes halogenated alkanes) is 1. The molecule has 20 heavy (non-hydrogen) atoms. The van der Waals surface area contributed by atoms with E-state index in [4.69, 9.17) is 0 Å². The fourth-order valence-corrected chi connectivity index (χ4v) is 2.05. The summed E-state index contributed by atoms with van der Waals surface area (Å²) in [6.45, 7) is 2.88. The van der Waals surface area contributed by atoms with Gasteiger partial charge in [-0.1, -0.05) is 33.6 Å². The van der Waals surface area contributed by atoms with Crippen LogP contribution in [0.4, 0.5) is 0 Å². The Labute approximate surface area is 128 Å². The van der Waals surface area contributed by atoms with Crippen molar-refractivity contribution in [2.24, 2.45) is 0 Å². The monoisotopic (exact) mass is 340 g/mol. The zero-order valence-electron chi connectivity index (χ0n) is 11.7. The molecule has 0 aliphatic rings. The number of hydrogen-bond donors (Lipinski definition) is 2. The Morgan fingerprint density at radius 2 is 1.70 bits per heavy atom. The van der Waals surface area contributed by atoms with E-state index in [1.807, 2.05) is 19.1 Å². The lowest BCUT2D eigenvalue weighted by Gasteiger charge is -2.07. The third-order valence-electron chi connectivity index (χ3n) is 2.83. The molecular weight excluding hydrogens is 320 g/mol. The van der Waals surface area contributed by atoms with Crippen molar-refractivity contribution >= 4 is 27.7 Å². The number of hydrogen-bond acceptors (Lipinski definition) is 2. The number of amides is 2. The summed E-state index contributed by atoms with van der Waals surface area (Å²) >= 11 is 3.33. The molecule has 0 bridgehead atoms. The normalized spacial score (nSPS) is 10.1. The second-order valence-electron chi connectivity index (χ2n) is 4.62. The van der Waals surface area contributed by atoms with Crippen LogP contribution in [-0.2, 0) is 4.79 Å². The first-order valence-corrected chi connectivity index (χ1v) is 7.93. The SMILES string of the molecule is Cc1ccc(C(=O)NCCNC(=O)CCCCBr)cc1. The van der Waals surface area contributed by atoms with Crippen LogP contribution in [0, 0.1) is 6.92 Å². The topological polar surface area (TPSA) is 58.2 Å². The van der Waals surface area contributed by atoms with Gasteiger partial charge in [0.05, 0.1) is 0 Å². The van der Waals surface area contributed by atoms with Gasteiger partial charge in [0.25, 0.3) is 5.91 Å². The molecule has 0 aromatic heterocycles. The largest absolute Gasteiger partial charge is 0.354 e. The van der Waals surface area contributed by atoms with E-state index in [2.05, 4.69) is 26.6 Å². The Hall–Kier alpha value is -1.36. The van der Waals surface area contributed by atoms with Crippen LogP contribution in [-0.4, -0.2) is 30.2 Å². The Kier molecular flexibility index (Phi) is 7.95. The van der Waals surface area contributed by atoms with Gasteiger partial charge in [-0.25, -0.2) is 0 Å². The van der Waals surface area contributed by atoms with Crippen molar-refractivity contribution in [1.82, 2.24) is 10.6 Å². The van der Waals surface area contributed by atoms with Crippen LogP contribution in [0.15, 0.2) is 24.3 Å². The quantitative estimate of drug-likeness (QED) is 0.564. The molecule has 0 aliphatic carbocycles. The molecule has 110 valence electrons. The maximum atomic E-state index is 11.8. The van der Waals surface area contributed by atoms with E-state index < -0.39 is 0 Å². The number of rotatable bonds is 8. The van der Waals surface area contributed by atoms with Gasteiger partial charge in [0.15, 0.2) is 0 Å². The van der Waals surface area contributed by atoms with E-state index in [-0.39, 0.29) is 11.8 Å². The molecule has 4 nitrogen and oxygen atoms in total. The highest BCUT2D eigenvalue weighted by Gasteiger charge is 2.04.